The lowest BCUT2D eigenvalue weighted by atomic mass is 10.2. The fourth-order valence-electron chi connectivity index (χ4n) is 2.78. The summed E-state index contributed by atoms with van der Waals surface area (Å²) in [6.45, 7) is 3.95. The van der Waals surface area contributed by atoms with E-state index in [9.17, 15) is 17.6 Å². The number of para-hydroxylation sites is 1. The van der Waals surface area contributed by atoms with Crippen LogP contribution in [-0.2, 0) is 16.4 Å². The molecule has 7 heteroatoms. The molecule has 0 saturated heterocycles. The van der Waals surface area contributed by atoms with Crippen molar-refractivity contribution in [1.82, 2.24) is 5.32 Å². The summed E-state index contributed by atoms with van der Waals surface area (Å²) < 4.78 is 41.2. The molecule has 0 atom stereocenters. The lowest BCUT2D eigenvalue weighted by Crippen LogP contribution is -2.30. The molecule has 0 aliphatic carbocycles. The van der Waals surface area contributed by atoms with E-state index >= 15 is 0 Å². The molecular weight excluding hydrogens is 343 g/mol. The monoisotopic (exact) mass is 360 g/mol. The Morgan fingerprint density at radius 2 is 2.04 bits per heavy atom. The minimum absolute atomic E-state index is 0.116. The van der Waals surface area contributed by atoms with Crippen LogP contribution in [0.5, 0.6) is 0 Å². The van der Waals surface area contributed by atoms with Gasteiger partial charge in [0.25, 0.3) is 15.9 Å². The molecule has 2 aromatic carbocycles. The summed E-state index contributed by atoms with van der Waals surface area (Å²) in [6.07, 6.45) is 2.07. The number of amides is 1. The van der Waals surface area contributed by atoms with Crippen LogP contribution in [0.25, 0.3) is 0 Å². The zero-order valence-electron chi connectivity index (χ0n) is 13.4. The second-order valence-electron chi connectivity index (χ2n) is 5.60. The molecule has 2 aromatic rings. The molecule has 1 aliphatic heterocycles. The third-order valence-corrected chi connectivity index (χ3v) is 5.83. The zero-order valence-corrected chi connectivity index (χ0v) is 14.2. The minimum Gasteiger partial charge on any atom is -0.348 e. The van der Waals surface area contributed by atoms with Gasteiger partial charge in [0.05, 0.1) is 16.1 Å². The Kier molecular flexibility index (Phi) is 4.59. The Bertz CT molecular complexity index is 941. The maximum absolute atomic E-state index is 14.0. The van der Waals surface area contributed by atoms with Gasteiger partial charge in [-0.3, -0.25) is 9.10 Å². The van der Waals surface area contributed by atoms with Crippen LogP contribution in [0, 0.1) is 5.82 Å². The van der Waals surface area contributed by atoms with Crippen molar-refractivity contribution in [2.45, 2.75) is 11.3 Å². The Hall–Kier alpha value is -2.67. The van der Waals surface area contributed by atoms with Gasteiger partial charge in [-0.2, -0.15) is 0 Å². The van der Waals surface area contributed by atoms with Crippen LogP contribution < -0.4 is 9.62 Å². The highest BCUT2D eigenvalue weighted by Gasteiger charge is 2.31. The Morgan fingerprint density at radius 3 is 2.80 bits per heavy atom. The maximum Gasteiger partial charge on any atom is 0.264 e. The van der Waals surface area contributed by atoms with E-state index in [4.69, 9.17) is 0 Å². The van der Waals surface area contributed by atoms with Crippen LogP contribution in [0.4, 0.5) is 10.1 Å². The number of carbonyl (C=O) groups is 1. The van der Waals surface area contributed by atoms with E-state index < -0.39 is 21.7 Å². The van der Waals surface area contributed by atoms with Gasteiger partial charge in [0.1, 0.15) is 5.82 Å². The second-order valence-corrected chi connectivity index (χ2v) is 7.46. The average molecular weight is 360 g/mol. The van der Waals surface area contributed by atoms with Crippen molar-refractivity contribution in [3.8, 4) is 0 Å². The quantitative estimate of drug-likeness (QED) is 0.833. The van der Waals surface area contributed by atoms with Crippen molar-refractivity contribution in [1.29, 1.82) is 0 Å². The third kappa shape index (κ3) is 3.15. The summed E-state index contributed by atoms with van der Waals surface area (Å²) in [5, 5.41) is 2.45. The lowest BCUT2D eigenvalue weighted by Gasteiger charge is -2.20. The van der Waals surface area contributed by atoms with E-state index in [1.807, 2.05) is 12.1 Å². The van der Waals surface area contributed by atoms with Crippen molar-refractivity contribution in [2.75, 3.05) is 17.4 Å². The second kappa shape index (κ2) is 6.68. The number of hydrogen-bond acceptors (Lipinski definition) is 3. The molecule has 0 fully saturated rings. The van der Waals surface area contributed by atoms with Crippen molar-refractivity contribution in [3.63, 3.8) is 0 Å². The molecule has 1 aliphatic rings. The summed E-state index contributed by atoms with van der Waals surface area (Å²) in [5.41, 5.74) is 1.25. The molecule has 0 bridgehead atoms. The highest BCUT2D eigenvalue weighted by Crippen LogP contribution is 2.33. The first-order valence-corrected chi connectivity index (χ1v) is 9.18. The van der Waals surface area contributed by atoms with E-state index in [0.29, 0.717) is 18.7 Å². The molecule has 3 rings (SSSR count). The van der Waals surface area contributed by atoms with Crippen molar-refractivity contribution >= 4 is 21.6 Å². The van der Waals surface area contributed by atoms with Gasteiger partial charge in [0.2, 0.25) is 0 Å². The number of rotatable bonds is 5. The zero-order chi connectivity index (χ0) is 18.0. The Labute approximate surface area is 145 Å². The van der Waals surface area contributed by atoms with E-state index in [1.54, 1.807) is 12.1 Å². The number of nitrogens with one attached hydrogen (secondary N) is 1. The highest BCUT2D eigenvalue weighted by molar-refractivity contribution is 7.92. The van der Waals surface area contributed by atoms with Crippen LogP contribution in [0.15, 0.2) is 60.0 Å². The number of hydrogen-bond donors (Lipinski definition) is 1. The lowest BCUT2D eigenvalue weighted by molar-refractivity contribution is 0.0953. The number of fused-ring (bicyclic) bond motifs is 1. The summed E-state index contributed by atoms with van der Waals surface area (Å²) in [4.78, 5) is 11.9. The number of anilines is 1. The van der Waals surface area contributed by atoms with Crippen molar-refractivity contribution in [3.05, 3.63) is 72.1 Å². The first kappa shape index (κ1) is 17.2. The highest BCUT2D eigenvalue weighted by atomic mass is 32.2. The number of halogens is 1. The fourth-order valence-corrected chi connectivity index (χ4v) is 4.31. The number of sulfonamides is 1. The predicted molar refractivity (Wildman–Crippen MR) is 93.6 cm³/mol. The molecule has 0 saturated carbocycles. The summed E-state index contributed by atoms with van der Waals surface area (Å²) in [6, 6.07) is 10.5. The fraction of sp³-hybridized carbons (Fsp3) is 0.167. The summed E-state index contributed by atoms with van der Waals surface area (Å²) >= 11 is 0. The van der Waals surface area contributed by atoms with Crippen LogP contribution >= 0.6 is 0 Å². The standard InChI is InChI=1S/C18H17FN2O3S/c1-2-10-20-18(22)15-12-14(7-8-16(15)19)25(23,24)21-11-9-13-5-3-4-6-17(13)21/h2-8,12H,1,9-11H2,(H,20,22). The SMILES string of the molecule is C=CCNC(=O)c1cc(S(=O)(=O)N2CCc3ccccc32)ccc1F. The molecule has 130 valence electrons. The van der Waals surface area contributed by atoms with Crippen molar-refractivity contribution in [2.24, 2.45) is 0 Å². The van der Waals surface area contributed by atoms with Gasteiger partial charge in [-0.15, -0.1) is 6.58 Å². The number of nitrogens with zero attached hydrogens (tertiary/aromatic N) is 1. The normalized spacial score (nSPS) is 13.4. The summed E-state index contributed by atoms with van der Waals surface area (Å²) in [7, 11) is -3.88. The van der Waals surface area contributed by atoms with Crippen LogP contribution in [-0.4, -0.2) is 27.4 Å². The number of benzene rings is 2. The predicted octanol–water partition coefficient (Wildman–Crippen LogP) is 2.49. The van der Waals surface area contributed by atoms with Gasteiger partial charge < -0.3 is 5.32 Å². The largest absolute Gasteiger partial charge is 0.348 e. The molecular formula is C18H17FN2O3S. The molecule has 1 heterocycles. The molecule has 5 nitrogen and oxygen atoms in total. The van der Waals surface area contributed by atoms with Gasteiger partial charge in [-0.1, -0.05) is 24.3 Å². The minimum atomic E-state index is -3.88. The van der Waals surface area contributed by atoms with Crippen LogP contribution in [0.3, 0.4) is 0 Å². The average Bonchev–Trinajstić information content (AvgIpc) is 3.04. The molecule has 25 heavy (non-hydrogen) atoms. The smallest absolute Gasteiger partial charge is 0.264 e. The topological polar surface area (TPSA) is 66.5 Å². The molecule has 0 spiro atoms. The van der Waals surface area contributed by atoms with E-state index in [0.717, 1.165) is 17.7 Å². The van der Waals surface area contributed by atoms with Crippen LogP contribution in [0.1, 0.15) is 15.9 Å². The Balaban J connectivity index is 1.99. The first-order chi connectivity index (χ1) is 11.9. The third-order valence-electron chi connectivity index (χ3n) is 4.02. The van der Waals surface area contributed by atoms with Crippen molar-refractivity contribution < 1.29 is 17.6 Å². The van der Waals surface area contributed by atoms with Gasteiger partial charge in [0, 0.05) is 13.1 Å². The van der Waals surface area contributed by atoms with E-state index in [1.165, 1.54) is 16.4 Å². The first-order valence-electron chi connectivity index (χ1n) is 7.74. The van der Waals surface area contributed by atoms with Gasteiger partial charge >= 0.3 is 0 Å². The van der Waals surface area contributed by atoms with Gasteiger partial charge in [-0.25, -0.2) is 12.8 Å². The molecule has 0 unspecified atom stereocenters. The molecule has 0 aromatic heterocycles. The van der Waals surface area contributed by atoms with Gasteiger partial charge in [-0.05, 0) is 36.2 Å². The maximum atomic E-state index is 14.0. The number of carbonyl (C=O) groups excluding carboxylic acids is 1. The molecule has 1 amide bonds. The van der Waals surface area contributed by atoms with E-state index in [2.05, 4.69) is 11.9 Å². The molecule has 1 N–H and O–H groups in total. The Morgan fingerprint density at radius 1 is 1.28 bits per heavy atom. The molecule has 0 radical (unpaired) electrons. The summed E-state index contributed by atoms with van der Waals surface area (Å²) in [5.74, 6) is -1.46. The van der Waals surface area contributed by atoms with Crippen LogP contribution in [0.2, 0.25) is 0 Å². The van der Waals surface area contributed by atoms with E-state index in [-0.39, 0.29) is 17.0 Å². The van der Waals surface area contributed by atoms with Gasteiger partial charge in [0.15, 0.2) is 0 Å².